The molecule has 4 aliphatic heterocycles. The zero-order chi connectivity index (χ0) is 70.2. The number of methoxy groups -OCH3 is 1. The highest BCUT2D eigenvalue weighted by atomic mass is 32.2. The smallest absolute Gasteiger partial charge is 0.330 e. The van der Waals surface area contributed by atoms with E-state index in [2.05, 4.69) is 19.9 Å². The minimum absolute atomic E-state index is 0.0585. The van der Waals surface area contributed by atoms with Gasteiger partial charge in [-0.1, -0.05) is 72.8 Å². The third-order valence-electron chi connectivity index (χ3n) is 17.7. The lowest BCUT2D eigenvalue weighted by molar-refractivity contribution is -0.0911. The molecule has 0 spiro atoms. The summed E-state index contributed by atoms with van der Waals surface area (Å²) in [5.74, 6) is -2.07. The number of hydrogen-bond donors (Lipinski definition) is 5. The first-order chi connectivity index (χ1) is 46.5. The molecule has 0 saturated carbocycles. The molecule has 8 heterocycles. The maximum absolute atomic E-state index is 14.6. The van der Waals surface area contributed by atoms with E-state index in [9.17, 15) is 68.7 Å². The van der Waals surface area contributed by atoms with Crippen molar-refractivity contribution in [2.24, 2.45) is 0 Å². The van der Waals surface area contributed by atoms with E-state index in [1.54, 1.807) is 12.1 Å². The van der Waals surface area contributed by atoms with Crippen molar-refractivity contribution in [1.29, 1.82) is 0 Å². The Morgan fingerprint density at radius 1 is 0.439 bits per heavy atom. The average molecular weight is 1420 g/mol. The Balaban J connectivity index is 0.827. The molecule has 98 heavy (non-hydrogen) atoms. The van der Waals surface area contributed by atoms with E-state index in [0.717, 1.165) is 24.5 Å². The van der Waals surface area contributed by atoms with Crippen molar-refractivity contribution in [2.45, 2.75) is 152 Å². The number of nitrogens with one attached hydrogen (secondary N) is 4. The first-order valence-electron chi connectivity index (χ1n) is 31.2. The monoisotopic (exact) mass is 1420 g/mol. The van der Waals surface area contributed by atoms with Crippen molar-refractivity contribution in [2.75, 3.05) is 31.0 Å². The molecule has 32 nitrogen and oxygen atoms in total. The van der Waals surface area contributed by atoms with Crippen LogP contribution in [0.5, 0.6) is 5.75 Å². The number of aliphatic hydroxyl groups excluding tert-OH is 1. The fourth-order valence-electron chi connectivity index (χ4n) is 12.5. The molecular weight excluding hydrogens is 1350 g/mol. The summed E-state index contributed by atoms with van der Waals surface area (Å²) < 4.78 is 144. The van der Waals surface area contributed by atoms with E-state index in [1.807, 2.05) is 72.8 Å². The van der Waals surface area contributed by atoms with Crippen LogP contribution in [0.2, 0.25) is 0 Å². The predicted octanol–water partition coefficient (Wildman–Crippen LogP) is 1.26. The van der Waals surface area contributed by atoms with Crippen LogP contribution >= 0.6 is 0 Å². The molecule has 5 N–H and O–H groups in total. The largest absolute Gasteiger partial charge is 0.497 e. The Bertz CT molecular complexity index is 4900. The Labute approximate surface area is 558 Å². The van der Waals surface area contributed by atoms with E-state index < -0.39 is 198 Å². The second-order valence-electron chi connectivity index (χ2n) is 24.4. The first-order valence-corrected chi connectivity index (χ1v) is 35.9. The molecule has 7 aromatic rings. The molecule has 4 fully saturated rings. The number of aryl methyl sites for hydroxylation is 4. The van der Waals surface area contributed by atoms with Crippen LogP contribution in [0.3, 0.4) is 0 Å². The van der Waals surface area contributed by atoms with Gasteiger partial charge in [0.1, 0.15) is 60.7 Å². The Morgan fingerprint density at radius 2 is 0.745 bits per heavy atom. The van der Waals surface area contributed by atoms with Crippen LogP contribution in [-0.4, -0.2) is 148 Å². The third-order valence-corrected chi connectivity index (χ3v) is 21.5. The van der Waals surface area contributed by atoms with Crippen molar-refractivity contribution in [3.63, 3.8) is 0 Å². The normalized spacial score (nSPS) is 24.5. The van der Waals surface area contributed by atoms with Gasteiger partial charge in [-0.2, -0.15) is 25.3 Å². The summed E-state index contributed by atoms with van der Waals surface area (Å²) in [4.78, 5) is 111. The highest BCUT2D eigenvalue weighted by Gasteiger charge is 2.48. The van der Waals surface area contributed by atoms with Gasteiger partial charge in [0.15, 0.2) is 0 Å². The zero-order valence-corrected chi connectivity index (χ0v) is 55.9. The van der Waals surface area contributed by atoms with E-state index in [1.165, 1.54) is 53.4 Å². The number of hydrogen-bond acceptors (Lipinski definition) is 24. The van der Waals surface area contributed by atoms with E-state index in [-0.39, 0.29) is 48.1 Å². The Morgan fingerprint density at radius 3 is 1.10 bits per heavy atom. The SMILES string of the molecule is COc1ccc(C(OC[C@H]2O[C@@H](n3cc(C)c(=O)[nH]c3=O)C[C@@H]2OS(=O)(=O)CC[C@H]2O[C@@H](n3cc(C)c(=O)[nH]c3=O)C[C@@H]2OS(=O)(=O)CC[C@H]2O[C@@H](n3cc(C)c(=O)[nH]c3=O)C[C@@H]2OS(=O)(=O)CC[C@H]2O[C@@H](n3cc(C)c(=O)[nH]c3=O)C[C@@H]2O)(c2ccccc2)c2ccccc2)cc1. The topological polar surface area (TPSA) is 425 Å². The van der Waals surface area contributed by atoms with Crippen LogP contribution in [0.15, 0.2) is 148 Å². The number of aromatic nitrogens is 8. The van der Waals surface area contributed by atoms with Crippen molar-refractivity contribution in [3.8, 4) is 5.75 Å². The minimum atomic E-state index is -4.84. The average Bonchev–Trinajstić information content (AvgIpc) is 1.04. The number of rotatable bonds is 26. The van der Waals surface area contributed by atoms with Gasteiger partial charge in [0.05, 0.1) is 55.4 Å². The van der Waals surface area contributed by atoms with Gasteiger partial charge in [-0.25, -0.2) is 19.2 Å². The molecule has 11 rings (SSSR count). The molecular formula is C63H72N8O24S3. The fourth-order valence-corrected chi connectivity index (χ4v) is 16.1. The molecule has 4 aromatic heterocycles. The molecule has 12 atom stereocenters. The summed E-state index contributed by atoms with van der Waals surface area (Å²) in [7, 11) is -12.7. The number of aliphatic hydroxyl groups is 1. The summed E-state index contributed by atoms with van der Waals surface area (Å²) in [5.41, 5.74) is -5.33. The number of H-pyrrole nitrogens is 4. The summed E-state index contributed by atoms with van der Waals surface area (Å²) in [6, 6.07) is 25.6. The van der Waals surface area contributed by atoms with Crippen molar-refractivity contribution in [3.05, 3.63) is 232 Å². The Kier molecular flexibility index (Phi) is 20.9. The summed E-state index contributed by atoms with van der Waals surface area (Å²) in [6.07, 6.45) is -14.0. The molecule has 4 aliphatic rings. The standard InChI is InChI=1S/C63H72N8O24S3/c1-35-30-68(59(77)64-55(35)73)51-26-43(72)44(89-51)20-23-96(81,82)93-47-27-52(69-31-36(2)56(74)65-60(69)78)90-45(47)21-24-97(83,84)94-48-28-53(70-32-37(3)57(75)66-61(70)79)91-46(48)22-25-98(85,86)95-49-29-54(71-33-38(4)58(76)67-62(71)80)92-50(49)34-88-63(39-12-8-6-9-13-39,40-14-10-7-11-15-40)41-16-18-42(87-5)19-17-41/h6-19,30-33,43-54,72H,20-29,34H2,1-5H3,(H,64,73,77)(H,65,74,78)(H,66,75,79)(H,67,76,80)/t43-,44+,45+,46+,47-,48-,49-,50+,51+,52+,53+,54+/m0/s1. The summed E-state index contributed by atoms with van der Waals surface area (Å²) in [6.45, 7) is 5.33. The van der Waals surface area contributed by atoms with E-state index in [0.29, 0.717) is 22.4 Å². The molecule has 4 saturated heterocycles. The second kappa shape index (κ2) is 28.9. The second-order valence-corrected chi connectivity index (χ2v) is 29.6. The van der Waals surface area contributed by atoms with Gasteiger partial charge >= 0.3 is 22.8 Å². The van der Waals surface area contributed by atoms with Crippen LogP contribution in [0.1, 0.15) is 109 Å². The fraction of sp³-hybridized carbons (Fsp3) is 0.460. The van der Waals surface area contributed by atoms with E-state index >= 15 is 0 Å². The van der Waals surface area contributed by atoms with Gasteiger partial charge in [-0.05, 0) is 75.8 Å². The van der Waals surface area contributed by atoms with Gasteiger partial charge in [0, 0.05) is 72.7 Å². The number of ether oxygens (including phenoxy) is 6. The van der Waals surface area contributed by atoms with Crippen LogP contribution in [-0.2, 0) is 72.2 Å². The number of nitrogens with zero attached hydrogens (tertiary/aromatic N) is 4. The third kappa shape index (κ3) is 15.7. The van der Waals surface area contributed by atoms with Gasteiger partial charge < -0.3 is 33.5 Å². The van der Waals surface area contributed by atoms with E-state index in [4.69, 9.17) is 41.0 Å². The Hall–Kier alpha value is -8.33. The molecule has 0 amide bonds. The molecule has 0 aliphatic carbocycles. The lowest BCUT2D eigenvalue weighted by Gasteiger charge is -2.37. The predicted molar refractivity (Wildman–Crippen MR) is 346 cm³/mol. The van der Waals surface area contributed by atoms with Crippen molar-refractivity contribution >= 4 is 30.4 Å². The lowest BCUT2D eigenvalue weighted by atomic mass is 9.80. The lowest BCUT2D eigenvalue weighted by Crippen LogP contribution is -2.39. The molecule has 3 aromatic carbocycles. The maximum Gasteiger partial charge on any atom is 0.330 e. The van der Waals surface area contributed by atoms with Gasteiger partial charge in [-0.3, -0.25) is 69.9 Å². The molecule has 0 radical (unpaired) electrons. The van der Waals surface area contributed by atoms with Crippen molar-refractivity contribution < 1.29 is 71.3 Å². The highest BCUT2D eigenvalue weighted by Crippen LogP contribution is 2.44. The number of benzene rings is 3. The maximum atomic E-state index is 14.6. The molecule has 526 valence electrons. The van der Waals surface area contributed by atoms with Crippen LogP contribution in [0, 0.1) is 27.7 Å². The molecule has 0 bridgehead atoms. The quantitative estimate of drug-likeness (QED) is 0.0376. The van der Waals surface area contributed by atoms with Crippen LogP contribution < -0.4 is 49.7 Å². The number of aromatic amines is 4. The van der Waals surface area contributed by atoms with Crippen LogP contribution in [0.25, 0.3) is 0 Å². The first kappa shape index (κ1) is 71.0. The van der Waals surface area contributed by atoms with Gasteiger partial charge in [-0.15, -0.1) is 0 Å². The van der Waals surface area contributed by atoms with Crippen molar-refractivity contribution in [1.82, 2.24) is 38.2 Å². The summed E-state index contributed by atoms with van der Waals surface area (Å²) >= 11 is 0. The highest BCUT2D eigenvalue weighted by molar-refractivity contribution is 7.87. The molecule has 35 heteroatoms. The summed E-state index contributed by atoms with van der Waals surface area (Å²) in [5, 5.41) is 10.9. The molecule has 0 unspecified atom stereocenters. The van der Waals surface area contributed by atoms with Gasteiger partial charge in [0.25, 0.3) is 52.6 Å². The van der Waals surface area contributed by atoms with Gasteiger partial charge in [0.2, 0.25) is 0 Å². The zero-order valence-electron chi connectivity index (χ0n) is 53.4. The van der Waals surface area contributed by atoms with Crippen LogP contribution in [0.4, 0.5) is 0 Å². The minimum Gasteiger partial charge on any atom is -0.497 e.